The van der Waals surface area contributed by atoms with Crippen molar-refractivity contribution in [2.45, 2.75) is 12.8 Å². The number of phenolic OH excluding ortho intramolecular Hbond substituents is 1. The molecular formula is C13H14O5. The van der Waals surface area contributed by atoms with Gasteiger partial charge in [0.05, 0.1) is 25.9 Å². The highest BCUT2D eigenvalue weighted by Gasteiger charge is 2.16. The first kappa shape index (κ1) is 12.3. The van der Waals surface area contributed by atoms with Crippen LogP contribution in [0.15, 0.2) is 22.8 Å². The number of ether oxygens (including phenoxy) is 2. The number of fused-ring (bicyclic) bond motifs is 1. The molecule has 0 amide bonds. The molecule has 0 atom stereocenters. The van der Waals surface area contributed by atoms with Gasteiger partial charge in [-0.3, -0.25) is 4.79 Å². The van der Waals surface area contributed by atoms with E-state index in [1.54, 1.807) is 6.07 Å². The molecule has 0 bridgehead atoms. The zero-order valence-electron chi connectivity index (χ0n) is 10.2. The van der Waals surface area contributed by atoms with E-state index in [1.165, 1.54) is 26.5 Å². The first-order valence-electron chi connectivity index (χ1n) is 5.50. The van der Waals surface area contributed by atoms with E-state index in [2.05, 4.69) is 4.74 Å². The van der Waals surface area contributed by atoms with Crippen LogP contribution in [-0.4, -0.2) is 25.3 Å². The second-order valence-electron chi connectivity index (χ2n) is 3.82. The lowest BCUT2D eigenvalue weighted by atomic mass is 10.0. The molecule has 5 nitrogen and oxygen atoms in total. The first-order valence-corrected chi connectivity index (χ1v) is 5.50. The van der Waals surface area contributed by atoms with Gasteiger partial charge >= 0.3 is 5.97 Å². The summed E-state index contributed by atoms with van der Waals surface area (Å²) in [5.74, 6) is 0.254. The summed E-state index contributed by atoms with van der Waals surface area (Å²) in [7, 11) is 2.85. The van der Waals surface area contributed by atoms with Gasteiger partial charge in [0.25, 0.3) is 0 Å². The third-order valence-electron chi connectivity index (χ3n) is 2.80. The van der Waals surface area contributed by atoms with Crippen molar-refractivity contribution in [1.29, 1.82) is 0 Å². The fourth-order valence-corrected chi connectivity index (χ4v) is 1.91. The molecule has 0 aliphatic heterocycles. The van der Waals surface area contributed by atoms with Crippen molar-refractivity contribution in [1.82, 2.24) is 0 Å². The zero-order valence-corrected chi connectivity index (χ0v) is 10.2. The normalized spacial score (nSPS) is 10.6. The van der Waals surface area contributed by atoms with E-state index in [0.29, 0.717) is 23.3 Å². The van der Waals surface area contributed by atoms with Crippen molar-refractivity contribution in [2.75, 3.05) is 14.2 Å². The van der Waals surface area contributed by atoms with Crippen molar-refractivity contribution in [2.24, 2.45) is 0 Å². The minimum Gasteiger partial charge on any atom is -0.507 e. The van der Waals surface area contributed by atoms with Crippen molar-refractivity contribution in [3.63, 3.8) is 0 Å². The number of esters is 1. The van der Waals surface area contributed by atoms with Crippen LogP contribution in [-0.2, 0) is 16.0 Å². The van der Waals surface area contributed by atoms with Crippen LogP contribution in [0.1, 0.15) is 12.0 Å². The minimum atomic E-state index is -0.330. The number of hydrogen-bond acceptors (Lipinski definition) is 5. The average molecular weight is 250 g/mol. The molecule has 0 fully saturated rings. The first-order chi connectivity index (χ1) is 8.67. The van der Waals surface area contributed by atoms with Crippen molar-refractivity contribution >= 4 is 16.9 Å². The Morgan fingerprint density at radius 1 is 1.44 bits per heavy atom. The van der Waals surface area contributed by atoms with E-state index in [-0.39, 0.29) is 18.1 Å². The molecule has 1 N–H and O–H groups in total. The molecule has 0 saturated heterocycles. The lowest BCUT2D eigenvalue weighted by molar-refractivity contribution is -0.140. The Hall–Kier alpha value is -2.17. The van der Waals surface area contributed by atoms with E-state index in [1.807, 2.05) is 0 Å². The Kier molecular flexibility index (Phi) is 3.41. The van der Waals surface area contributed by atoms with Crippen LogP contribution in [0, 0.1) is 0 Å². The number of carbonyl (C=O) groups excluding carboxylic acids is 1. The molecule has 2 rings (SSSR count). The Morgan fingerprint density at radius 2 is 2.22 bits per heavy atom. The second-order valence-corrected chi connectivity index (χ2v) is 3.82. The van der Waals surface area contributed by atoms with Crippen LogP contribution < -0.4 is 4.74 Å². The summed E-state index contributed by atoms with van der Waals surface area (Å²) in [4.78, 5) is 11.1. The molecule has 1 heterocycles. The zero-order chi connectivity index (χ0) is 13.1. The van der Waals surface area contributed by atoms with Gasteiger partial charge in [-0.05, 0) is 12.5 Å². The largest absolute Gasteiger partial charge is 0.507 e. The maximum atomic E-state index is 11.1. The van der Waals surface area contributed by atoms with Gasteiger partial charge in [0.1, 0.15) is 17.1 Å². The van der Waals surface area contributed by atoms with Gasteiger partial charge in [-0.2, -0.15) is 0 Å². The number of benzene rings is 1. The number of rotatable bonds is 4. The smallest absolute Gasteiger partial charge is 0.305 e. The Labute approximate surface area is 104 Å². The van der Waals surface area contributed by atoms with E-state index in [0.717, 1.165) is 5.39 Å². The highest BCUT2D eigenvalue weighted by atomic mass is 16.5. The van der Waals surface area contributed by atoms with Crippen molar-refractivity contribution in [3.8, 4) is 11.5 Å². The Bertz CT molecular complexity index is 570. The van der Waals surface area contributed by atoms with Crippen LogP contribution >= 0.6 is 0 Å². The molecular weight excluding hydrogens is 236 g/mol. The van der Waals surface area contributed by atoms with E-state index in [9.17, 15) is 9.90 Å². The maximum Gasteiger partial charge on any atom is 0.305 e. The Balaban J connectivity index is 2.41. The predicted molar refractivity (Wildman–Crippen MR) is 64.8 cm³/mol. The van der Waals surface area contributed by atoms with Crippen LogP contribution in [0.5, 0.6) is 11.5 Å². The van der Waals surface area contributed by atoms with Crippen LogP contribution in [0.3, 0.4) is 0 Å². The van der Waals surface area contributed by atoms with Crippen molar-refractivity contribution in [3.05, 3.63) is 24.0 Å². The second kappa shape index (κ2) is 5.00. The number of aromatic hydroxyl groups is 1. The molecule has 1 aromatic carbocycles. The molecule has 0 radical (unpaired) electrons. The summed E-state index contributed by atoms with van der Waals surface area (Å²) in [6, 6.07) is 3.28. The summed E-state index contributed by atoms with van der Waals surface area (Å²) in [6.45, 7) is 0. The highest BCUT2D eigenvalue weighted by Crippen LogP contribution is 2.37. The van der Waals surface area contributed by atoms with Gasteiger partial charge < -0.3 is 19.0 Å². The van der Waals surface area contributed by atoms with E-state index in [4.69, 9.17) is 9.15 Å². The SMILES string of the molecule is COC(=O)CCc1c(O)cc2occc2c1OC. The highest BCUT2D eigenvalue weighted by molar-refractivity contribution is 5.87. The molecule has 1 aromatic heterocycles. The van der Waals surface area contributed by atoms with Gasteiger partial charge in [-0.1, -0.05) is 0 Å². The van der Waals surface area contributed by atoms with Crippen LogP contribution in [0.2, 0.25) is 0 Å². The van der Waals surface area contributed by atoms with Crippen molar-refractivity contribution < 1.29 is 23.8 Å². The molecule has 96 valence electrons. The average Bonchev–Trinajstić information content (AvgIpc) is 2.82. The van der Waals surface area contributed by atoms with Gasteiger partial charge in [0.15, 0.2) is 0 Å². The summed E-state index contributed by atoms with van der Waals surface area (Å²) in [5.41, 5.74) is 1.13. The maximum absolute atomic E-state index is 11.1. The predicted octanol–water partition coefficient (Wildman–Crippen LogP) is 2.25. The molecule has 0 spiro atoms. The molecule has 0 saturated carbocycles. The molecule has 18 heavy (non-hydrogen) atoms. The number of hydrogen-bond donors (Lipinski definition) is 1. The summed E-state index contributed by atoms with van der Waals surface area (Å²) >= 11 is 0. The summed E-state index contributed by atoms with van der Waals surface area (Å²) in [6.07, 6.45) is 2.06. The molecule has 5 heteroatoms. The summed E-state index contributed by atoms with van der Waals surface area (Å²) in [5, 5.41) is 10.7. The number of methoxy groups -OCH3 is 2. The lowest BCUT2D eigenvalue weighted by Gasteiger charge is -2.11. The quantitative estimate of drug-likeness (QED) is 0.843. The van der Waals surface area contributed by atoms with E-state index >= 15 is 0 Å². The minimum absolute atomic E-state index is 0.0539. The van der Waals surface area contributed by atoms with Gasteiger partial charge in [-0.25, -0.2) is 0 Å². The van der Waals surface area contributed by atoms with Gasteiger partial charge in [0, 0.05) is 18.1 Å². The van der Waals surface area contributed by atoms with E-state index < -0.39 is 0 Å². The lowest BCUT2D eigenvalue weighted by Crippen LogP contribution is -2.03. The monoisotopic (exact) mass is 250 g/mol. The third-order valence-corrected chi connectivity index (χ3v) is 2.80. The Morgan fingerprint density at radius 3 is 2.89 bits per heavy atom. The summed E-state index contributed by atoms with van der Waals surface area (Å²) < 4.78 is 15.1. The molecule has 0 aliphatic carbocycles. The van der Waals surface area contributed by atoms with Gasteiger partial charge in [-0.15, -0.1) is 0 Å². The number of furan rings is 1. The molecule has 0 aliphatic rings. The fraction of sp³-hybridized carbons (Fsp3) is 0.308. The van der Waals surface area contributed by atoms with Crippen LogP contribution in [0.4, 0.5) is 0 Å². The molecule has 0 unspecified atom stereocenters. The topological polar surface area (TPSA) is 68.9 Å². The molecule has 2 aromatic rings. The third kappa shape index (κ3) is 2.11. The number of carbonyl (C=O) groups is 1. The van der Waals surface area contributed by atoms with Gasteiger partial charge in [0.2, 0.25) is 0 Å². The van der Waals surface area contributed by atoms with Crippen LogP contribution in [0.25, 0.3) is 11.0 Å². The standard InChI is InChI=1S/C13H14O5/c1-16-12(15)4-3-8-10(14)7-11-9(5-6-18-11)13(8)17-2/h5-7,14H,3-4H2,1-2H3. The number of phenols is 1. The fourth-order valence-electron chi connectivity index (χ4n) is 1.91.